The molecule has 0 aromatic carbocycles. The second-order valence-corrected chi connectivity index (χ2v) is 5.75. The Bertz CT molecular complexity index is 613. The minimum absolute atomic E-state index is 0.0173. The Morgan fingerprint density at radius 3 is 2.95 bits per heavy atom. The van der Waals surface area contributed by atoms with Gasteiger partial charge in [-0.25, -0.2) is 4.98 Å². The van der Waals surface area contributed by atoms with Gasteiger partial charge >= 0.3 is 5.97 Å². The number of fused-ring (bicyclic) bond motifs is 1. The molecule has 0 spiro atoms. The molecule has 0 saturated carbocycles. The van der Waals surface area contributed by atoms with Crippen molar-refractivity contribution in [1.29, 1.82) is 0 Å². The van der Waals surface area contributed by atoms with E-state index in [1.807, 2.05) is 0 Å². The zero-order valence-corrected chi connectivity index (χ0v) is 12.0. The Morgan fingerprint density at radius 2 is 2.30 bits per heavy atom. The molecule has 1 N–H and O–H groups in total. The molecule has 1 aromatic rings. The Labute approximate surface area is 119 Å². The molecule has 2 heterocycles. The number of carbonyl (C=O) groups excluding carboxylic acids is 1. The standard InChI is InChI=1S/C12H15N3O4S/c1-7(11(18)19)6-14(2)9(16)8-5-13-12-15(10(8)17)3-4-20-12/h5,7H,3-4,6H2,1-2H3,(H,18,19). The number of nitrogens with zero attached hydrogens (tertiary/aromatic N) is 3. The molecule has 1 unspecified atom stereocenters. The van der Waals surface area contributed by atoms with Crippen LogP contribution in [0.15, 0.2) is 16.1 Å². The number of carboxylic acid groups (broad SMARTS) is 1. The van der Waals surface area contributed by atoms with Crippen LogP contribution >= 0.6 is 11.8 Å². The summed E-state index contributed by atoms with van der Waals surface area (Å²) in [6.07, 6.45) is 1.27. The van der Waals surface area contributed by atoms with Crippen LogP contribution in [-0.4, -0.2) is 50.8 Å². The highest BCUT2D eigenvalue weighted by atomic mass is 32.2. The van der Waals surface area contributed by atoms with E-state index >= 15 is 0 Å². The lowest BCUT2D eigenvalue weighted by Crippen LogP contribution is -2.38. The van der Waals surface area contributed by atoms with Crippen molar-refractivity contribution in [3.63, 3.8) is 0 Å². The van der Waals surface area contributed by atoms with Crippen molar-refractivity contribution < 1.29 is 14.7 Å². The number of aromatic nitrogens is 2. The smallest absolute Gasteiger partial charge is 0.308 e. The molecule has 1 atom stereocenters. The topological polar surface area (TPSA) is 92.5 Å². The fraction of sp³-hybridized carbons (Fsp3) is 0.500. The molecule has 1 amide bonds. The molecule has 0 aliphatic carbocycles. The van der Waals surface area contributed by atoms with Crippen LogP contribution in [0, 0.1) is 5.92 Å². The number of amides is 1. The van der Waals surface area contributed by atoms with Crippen LogP contribution in [0.25, 0.3) is 0 Å². The lowest BCUT2D eigenvalue weighted by Gasteiger charge is -2.19. The van der Waals surface area contributed by atoms with E-state index in [-0.39, 0.29) is 17.7 Å². The van der Waals surface area contributed by atoms with E-state index in [1.165, 1.54) is 41.4 Å². The Balaban J connectivity index is 2.22. The van der Waals surface area contributed by atoms with Gasteiger partial charge in [-0.2, -0.15) is 0 Å². The van der Waals surface area contributed by atoms with Gasteiger partial charge < -0.3 is 10.0 Å². The lowest BCUT2D eigenvalue weighted by atomic mass is 10.1. The molecule has 0 bridgehead atoms. The van der Waals surface area contributed by atoms with E-state index < -0.39 is 17.8 Å². The SMILES string of the molecule is CC(CN(C)C(=O)c1cnc2n(c1=O)CCS2)C(=O)O. The van der Waals surface area contributed by atoms with E-state index in [1.54, 1.807) is 0 Å². The third-order valence-electron chi connectivity index (χ3n) is 3.10. The summed E-state index contributed by atoms with van der Waals surface area (Å²) < 4.78 is 1.48. The van der Waals surface area contributed by atoms with Gasteiger partial charge in [-0.3, -0.25) is 19.0 Å². The van der Waals surface area contributed by atoms with Gasteiger partial charge in [0.15, 0.2) is 5.16 Å². The zero-order chi connectivity index (χ0) is 14.9. The summed E-state index contributed by atoms with van der Waals surface area (Å²) in [4.78, 5) is 40.5. The van der Waals surface area contributed by atoms with E-state index in [4.69, 9.17) is 5.11 Å². The highest BCUT2D eigenvalue weighted by Crippen LogP contribution is 2.20. The molecule has 1 aromatic heterocycles. The lowest BCUT2D eigenvalue weighted by molar-refractivity contribution is -0.141. The second kappa shape index (κ2) is 5.66. The number of hydrogen-bond donors (Lipinski definition) is 1. The van der Waals surface area contributed by atoms with E-state index in [2.05, 4.69) is 4.98 Å². The van der Waals surface area contributed by atoms with Crippen molar-refractivity contribution >= 4 is 23.6 Å². The van der Waals surface area contributed by atoms with Crippen LogP contribution in [-0.2, 0) is 11.3 Å². The monoisotopic (exact) mass is 297 g/mol. The maximum absolute atomic E-state index is 12.2. The molecule has 108 valence electrons. The second-order valence-electron chi connectivity index (χ2n) is 4.68. The molecule has 8 heteroatoms. The van der Waals surface area contributed by atoms with E-state index in [9.17, 15) is 14.4 Å². The minimum Gasteiger partial charge on any atom is -0.481 e. The number of rotatable bonds is 4. The molecule has 7 nitrogen and oxygen atoms in total. The summed E-state index contributed by atoms with van der Waals surface area (Å²) in [5.41, 5.74) is -0.379. The number of hydrogen-bond acceptors (Lipinski definition) is 5. The third kappa shape index (κ3) is 2.69. The summed E-state index contributed by atoms with van der Waals surface area (Å²) in [5.74, 6) is -1.40. The molecular weight excluding hydrogens is 282 g/mol. The van der Waals surface area contributed by atoms with Gasteiger partial charge in [-0.15, -0.1) is 0 Å². The van der Waals surface area contributed by atoms with Crippen molar-refractivity contribution in [3.05, 3.63) is 22.1 Å². The molecule has 0 radical (unpaired) electrons. The summed E-state index contributed by atoms with van der Waals surface area (Å²) in [7, 11) is 1.48. The maximum atomic E-state index is 12.2. The summed E-state index contributed by atoms with van der Waals surface area (Å²) in [5, 5.41) is 9.46. The van der Waals surface area contributed by atoms with E-state index in [0.717, 1.165) is 5.75 Å². The third-order valence-corrected chi connectivity index (χ3v) is 4.07. The predicted molar refractivity (Wildman–Crippen MR) is 73.0 cm³/mol. The zero-order valence-electron chi connectivity index (χ0n) is 11.2. The van der Waals surface area contributed by atoms with Crippen LogP contribution in [0.5, 0.6) is 0 Å². The minimum atomic E-state index is -0.982. The van der Waals surface area contributed by atoms with Crippen molar-refractivity contribution in [2.75, 3.05) is 19.3 Å². The fourth-order valence-electron chi connectivity index (χ4n) is 1.94. The van der Waals surface area contributed by atoms with Crippen molar-refractivity contribution in [1.82, 2.24) is 14.5 Å². The molecule has 0 saturated heterocycles. The van der Waals surface area contributed by atoms with Crippen molar-refractivity contribution in [3.8, 4) is 0 Å². The van der Waals surface area contributed by atoms with Crippen LogP contribution < -0.4 is 5.56 Å². The molecule has 20 heavy (non-hydrogen) atoms. The number of aliphatic carboxylic acids is 1. The number of carbonyl (C=O) groups is 2. The largest absolute Gasteiger partial charge is 0.481 e. The van der Waals surface area contributed by atoms with Gasteiger partial charge in [0, 0.05) is 32.1 Å². The Kier molecular flexibility index (Phi) is 4.12. The fourth-order valence-corrected chi connectivity index (χ4v) is 2.86. The Morgan fingerprint density at radius 1 is 1.60 bits per heavy atom. The first-order valence-corrected chi connectivity index (χ1v) is 7.11. The first-order valence-electron chi connectivity index (χ1n) is 6.12. The molecule has 2 rings (SSSR count). The quantitative estimate of drug-likeness (QED) is 0.795. The Hall–Kier alpha value is -1.83. The van der Waals surface area contributed by atoms with Gasteiger partial charge in [0.1, 0.15) is 5.56 Å². The average Bonchev–Trinajstić information content (AvgIpc) is 2.87. The average molecular weight is 297 g/mol. The summed E-state index contributed by atoms with van der Waals surface area (Å²) >= 11 is 1.47. The first kappa shape index (κ1) is 14.6. The molecule has 1 aliphatic rings. The van der Waals surface area contributed by atoms with Crippen molar-refractivity contribution in [2.45, 2.75) is 18.6 Å². The highest BCUT2D eigenvalue weighted by molar-refractivity contribution is 7.99. The van der Waals surface area contributed by atoms with Crippen LogP contribution in [0.2, 0.25) is 0 Å². The van der Waals surface area contributed by atoms with Gasteiger partial charge in [0.05, 0.1) is 5.92 Å². The predicted octanol–water partition coefficient (Wildman–Crippen LogP) is 0.142. The van der Waals surface area contributed by atoms with E-state index in [0.29, 0.717) is 11.7 Å². The van der Waals surface area contributed by atoms with Gasteiger partial charge in [0.2, 0.25) is 0 Å². The highest BCUT2D eigenvalue weighted by Gasteiger charge is 2.24. The number of thioether (sulfide) groups is 1. The molecule has 0 fully saturated rings. The van der Waals surface area contributed by atoms with Crippen molar-refractivity contribution in [2.24, 2.45) is 5.92 Å². The summed E-state index contributed by atoms with van der Waals surface area (Å²) in [6.45, 7) is 2.10. The molecule has 1 aliphatic heterocycles. The van der Waals surface area contributed by atoms with Gasteiger partial charge in [-0.05, 0) is 0 Å². The van der Waals surface area contributed by atoms with Gasteiger partial charge in [0.25, 0.3) is 11.5 Å². The van der Waals surface area contributed by atoms with Crippen LogP contribution in [0.1, 0.15) is 17.3 Å². The normalized spacial score (nSPS) is 14.7. The summed E-state index contributed by atoms with van der Waals surface area (Å²) in [6, 6.07) is 0. The number of carboxylic acids is 1. The first-order chi connectivity index (χ1) is 9.41. The maximum Gasteiger partial charge on any atom is 0.308 e. The molecular formula is C12H15N3O4S. The van der Waals surface area contributed by atoms with Crippen LogP contribution in [0.4, 0.5) is 0 Å². The van der Waals surface area contributed by atoms with Gasteiger partial charge in [-0.1, -0.05) is 18.7 Å². The van der Waals surface area contributed by atoms with Crippen LogP contribution in [0.3, 0.4) is 0 Å².